The fraction of sp³-hybridized carbons (Fsp3) is 0.368. The van der Waals surface area contributed by atoms with Crippen LogP contribution in [0, 0.1) is 0 Å². The SMILES string of the molecule is O=C1C[C@@H](N2CCN(c3ncccn3)CC2)C(=O)N1c1ccc(OC(F)(F)Cl)cc1. The van der Waals surface area contributed by atoms with E-state index in [1.165, 1.54) is 24.3 Å². The molecule has 2 aliphatic rings. The number of hydrogen-bond acceptors (Lipinski definition) is 7. The molecular weight excluding hydrogens is 420 g/mol. The van der Waals surface area contributed by atoms with Gasteiger partial charge in [-0.2, -0.15) is 0 Å². The van der Waals surface area contributed by atoms with Crippen molar-refractivity contribution in [2.75, 3.05) is 36.0 Å². The highest BCUT2D eigenvalue weighted by Gasteiger charge is 2.43. The smallest absolute Gasteiger partial charge is 0.420 e. The van der Waals surface area contributed by atoms with E-state index in [4.69, 9.17) is 11.6 Å². The lowest BCUT2D eigenvalue weighted by Crippen LogP contribution is -2.53. The standard InChI is InChI=1S/C19H18ClF2N5O3/c20-19(21,22)30-14-4-2-13(3-5-14)27-16(28)12-15(17(27)29)25-8-10-26(11-9-25)18-23-6-1-7-24-18/h1-7,15H,8-12H2/t15-/m1/s1. The lowest BCUT2D eigenvalue weighted by molar-refractivity contribution is -0.123. The molecule has 2 fully saturated rings. The van der Waals surface area contributed by atoms with Crippen LogP contribution in [0.4, 0.5) is 20.4 Å². The van der Waals surface area contributed by atoms with Crippen molar-refractivity contribution in [2.45, 2.75) is 18.0 Å². The molecule has 0 bridgehead atoms. The Labute approximate surface area is 176 Å². The Balaban J connectivity index is 1.41. The van der Waals surface area contributed by atoms with Crippen molar-refractivity contribution < 1.29 is 23.1 Å². The first-order valence-corrected chi connectivity index (χ1v) is 9.68. The Bertz CT molecular complexity index is 918. The first kappa shape index (κ1) is 20.4. The molecule has 158 valence electrons. The van der Waals surface area contributed by atoms with Crippen LogP contribution in [0.25, 0.3) is 0 Å². The van der Waals surface area contributed by atoms with Gasteiger partial charge in [0.05, 0.1) is 18.2 Å². The van der Waals surface area contributed by atoms with Gasteiger partial charge in [-0.3, -0.25) is 14.5 Å². The summed E-state index contributed by atoms with van der Waals surface area (Å²) in [6.45, 7) is 2.46. The number of halogens is 3. The number of nitrogens with zero attached hydrogens (tertiary/aromatic N) is 5. The van der Waals surface area contributed by atoms with Crippen LogP contribution in [-0.4, -0.2) is 64.5 Å². The summed E-state index contributed by atoms with van der Waals surface area (Å²) in [4.78, 5) is 39.0. The number of carbonyl (C=O) groups excluding carboxylic acids is 2. The molecule has 1 aromatic carbocycles. The van der Waals surface area contributed by atoms with Crippen molar-refractivity contribution in [3.8, 4) is 5.75 Å². The van der Waals surface area contributed by atoms with Crippen molar-refractivity contribution in [3.63, 3.8) is 0 Å². The van der Waals surface area contributed by atoms with Gasteiger partial charge in [-0.1, -0.05) is 0 Å². The monoisotopic (exact) mass is 437 g/mol. The number of piperazine rings is 1. The van der Waals surface area contributed by atoms with E-state index in [1.807, 2.05) is 9.80 Å². The number of aromatic nitrogens is 2. The average Bonchev–Trinajstić information content (AvgIpc) is 3.02. The summed E-state index contributed by atoms with van der Waals surface area (Å²) >= 11 is 4.74. The van der Waals surface area contributed by atoms with Crippen LogP contribution in [0.2, 0.25) is 0 Å². The van der Waals surface area contributed by atoms with Gasteiger partial charge < -0.3 is 9.64 Å². The van der Waals surface area contributed by atoms with E-state index >= 15 is 0 Å². The molecule has 0 unspecified atom stereocenters. The lowest BCUT2D eigenvalue weighted by atomic mass is 10.2. The van der Waals surface area contributed by atoms with Crippen molar-refractivity contribution in [1.82, 2.24) is 14.9 Å². The fourth-order valence-corrected chi connectivity index (χ4v) is 3.75. The van der Waals surface area contributed by atoms with Gasteiger partial charge in [-0.05, 0) is 30.3 Å². The fourth-order valence-electron chi connectivity index (χ4n) is 3.66. The maximum atomic E-state index is 12.9. The van der Waals surface area contributed by atoms with Crippen molar-refractivity contribution in [3.05, 3.63) is 42.7 Å². The molecule has 0 saturated carbocycles. The zero-order valence-corrected chi connectivity index (χ0v) is 16.5. The number of benzene rings is 1. The highest BCUT2D eigenvalue weighted by atomic mass is 35.5. The highest BCUT2D eigenvalue weighted by molar-refractivity contribution is 6.22. The molecule has 2 saturated heterocycles. The minimum Gasteiger partial charge on any atom is -0.420 e. The highest BCUT2D eigenvalue weighted by Crippen LogP contribution is 2.30. The summed E-state index contributed by atoms with van der Waals surface area (Å²) in [5.74, 6) is -0.206. The molecule has 0 N–H and O–H groups in total. The normalized spacial score (nSPS) is 20.7. The first-order chi connectivity index (χ1) is 14.3. The Morgan fingerprint density at radius 1 is 1.03 bits per heavy atom. The number of carbonyl (C=O) groups is 2. The third-order valence-electron chi connectivity index (χ3n) is 5.04. The second-order valence-electron chi connectivity index (χ2n) is 6.90. The summed E-state index contributed by atoms with van der Waals surface area (Å²) < 4.78 is 29.7. The van der Waals surface area contributed by atoms with Gasteiger partial charge in [-0.25, -0.2) is 14.9 Å². The van der Waals surface area contributed by atoms with E-state index in [0.29, 0.717) is 37.8 Å². The molecule has 11 heteroatoms. The number of amides is 2. The number of anilines is 2. The minimum atomic E-state index is -3.83. The Hall–Kier alpha value is -2.85. The molecule has 0 spiro atoms. The van der Waals surface area contributed by atoms with E-state index in [2.05, 4.69) is 14.7 Å². The van der Waals surface area contributed by atoms with E-state index in [0.717, 1.165) is 4.90 Å². The number of ether oxygens (including phenoxy) is 1. The Kier molecular flexibility index (Phi) is 5.52. The first-order valence-electron chi connectivity index (χ1n) is 9.30. The molecule has 8 nitrogen and oxygen atoms in total. The topological polar surface area (TPSA) is 78.9 Å². The second-order valence-corrected chi connectivity index (χ2v) is 7.34. The molecule has 30 heavy (non-hydrogen) atoms. The Morgan fingerprint density at radius 3 is 2.27 bits per heavy atom. The molecule has 2 amide bonds. The van der Waals surface area contributed by atoms with Crippen molar-refractivity contribution in [1.29, 1.82) is 0 Å². The van der Waals surface area contributed by atoms with Crippen LogP contribution in [0.1, 0.15) is 6.42 Å². The molecule has 1 aromatic heterocycles. The van der Waals surface area contributed by atoms with Crippen LogP contribution < -0.4 is 14.5 Å². The van der Waals surface area contributed by atoms with Crippen LogP contribution in [0.3, 0.4) is 0 Å². The van der Waals surface area contributed by atoms with Crippen LogP contribution >= 0.6 is 11.6 Å². The van der Waals surface area contributed by atoms with E-state index in [-0.39, 0.29) is 24.0 Å². The zero-order chi connectivity index (χ0) is 21.3. The van der Waals surface area contributed by atoms with Gasteiger partial charge in [0.1, 0.15) is 5.75 Å². The maximum Gasteiger partial charge on any atom is 0.487 e. The number of imide groups is 1. The molecule has 0 aliphatic carbocycles. The van der Waals surface area contributed by atoms with Gasteiger partial charge in [0.2, 0.25) is 11.9 Å². The molecule has 3 heterocycles. The molecule has 4 rings (SSSR count). The molecular formula is C19H18ClF2N5O3. The predicted molar refractivity (Wildman–Crippen MR) is 105 cm³/mol. The van der Waals surface area contributed by atoms with E-state index in [9.17, 15) is 18.4 Å². The third-order valence-corrected chi connectivity index (χ3v) is 5.12. The summed E-state index contributed by atoms with van der Waals surface area (Å²) in [6, 6.07) is 6.41. The zero-order valence-electron chi connectivity index (χ0n) is 15.7. The van der Waals surface area contributed by atoms with Gasteiger partial charge in [0.25, 0.3) is 5.91 Å². The van der Waals surface area contributed by atoms with Crippen LogP contribution in [-0.2, 0) is 9.59 Å². The van der Waals surface area contributed by atoms with Gasteiger partial charge in [-0.15, -0.1) is 8.78 Å². The van der Waals surface area contributed by atoms with Crippen molar-refractivity contribution >= 4 is 35.1 Å². The summed E-state index contributed by atoms with van der Waals surface area (Å²) in [6.07, 6.45) is 3.42. The summed E-state index contributed by atoms with van der Waals surface area (Å²) in [5, 5.41) is 0. The van der Waals surface area contributed by atoms with Crippen molar-refractivity contribution in [2.24, 2.45) is 0 Å². The minimum absolute atomic E-state index is 0.0681. The molecule has 2 aliphatic heterocycles. The molecule has 0 radical (unpaired) electrons. The Morgan fingerprint density at radius 2 is 1.67 bits per heavy atom. The van der Waals surface area contributed by atoms with Gasteiger partial charge >= 0.3 is 5.57 Å². The summed E-state index contributed by atoms with van der Waals surface area (Å²) in [7, 11) is 0. The molecule has 1 atom stereocenters. The number of alkyl halides is 3. The summed E-state index contributed by atoms with van der Waals surface area (Å²) in [5.41, 5.74) is -3.53. The van der Waals surface area contributed by atoms with Crippen LogP contribution in [0.5, 0.6) is 5.75 Å². The predicted octanol–water partition coefficient (Wildman–Crippen LogP) is 2.10. The third kappa shape index (κ3) is 4.34. The second kappa shape index (κ2) is 8.11. The molecule has 2 aromatic rings. The lowest BCUT2D eigenvalue weighted by Gasteiger charge is -2.36. The number of rotatable bonds is 5. The number of hydrogen-bond donors (Lipinski definition) is 0. The average molecular weight is 438 g/mol. The van der Waals surface area contributed by atoms with Gasteiger partial charge in [0.15, 0.2) is 0 Å². The van der Waals surface area contributed by atoms with E-state index < -0.39 is 11.6 Å². The van der Waals surface area contributed by atoms with Crippen LogP contribution in [0.15, 0.2) is 42.7 Å². The largest absolute Gasteiger partial charge is 0.487 e. The van der Waals surface area contributed by atoms with E-state index in [1.54, 1.807) is 18.5 Å². The maximum absolute atomic E-state index is 12.9. The quantitative estimate of drug-likeness (QED) is 0.523. The van der Waals surface area contributed by atoms with Gasteiger partial charge in [0, 0.05) is 50.2 Å².